The SMILES string of the molecule is CC(C)/C=C\NC=NC=NCN(C)C1CCC(CS(=O)(=O)Cl)CC1. The van der Waals surface area contributed by atoms with Gasteiger partial charge in [-0.3, -0.25) is 9.89 Å². The number of hydrogen-bond acceptors (Lipinski definition) is 4. The maximum absolute atomic E-state index is 11.1. The molecule has 8 heteroatoms. The van der Waals surface area contributed by atoms with Gasteiger partial charge in [0.15, 0.2) is 0 Å². The lowest BCUT2D eigenvalue weighted by Crippen LogP contribution is -2.36. The van der Waals surface area contributed by atoms with Gasteiger partial charge >= 0.3 is 0 Å². The summed E-state index contributed by atoms with van der Waals surface area (Å²) in [6.45, 7) is 4.80. The zero-order valence-corrected chi connectivity index (χ0v) is 16.3. The molecule has 138 valence electrons. The van der Waals surface area contributed by atoms with E-state index in [4.69, 9.17) is 10.7 Å². The van der Waals surface area contributed by atoms with Gasteiger partial charge in [-0.05, 0) is 50.8 Å². The third kappa shape index (κ3) is 10.1. The van der Waals surface area contributed by atoms with Crippen LogP contribution in [0.3, 0.4) is 0 Å². The van der Waals surface area contributed by atoms with Crippen molar-refractivity contribution in [3.05, 3.63) is 12.3 Å². The molecule has 0 aromatic rings. The topological polar surface area (TPSA) is 74.1 Å². The van der Waals surface area contributed by atoms with Gasteiger partial charge in [-0.1, -0.05) is 19.9 Å². The van der Waals surface area contributed by atoms with Crippen LogP contribution in [0.2, 0.25) is 0 Å². The molecule has 1 fully saturated rings. The summed E-state index contributed by atoms with van der Waals surface area (Å²) >= 11 is 0. The van der Waals surface area contributed by atoms with Crippen molar-refractivity contribution < 1.29 is 8.42 Å². The van der Waals surface area contributed by atoms with Crippen LogP contribution < -0.4 is 5.32 Å². The minimum Gasteiger partial charge on any atom is -0.353 e. The fourth-order valence-electron chi connectivity index (χ4n) is 2.73. The fourth-order valence-corrected chi connectivity index (χ4v) is 4.16. The smallest absolute Gasteiger partial charge is 0.232 e. The zero-order valence-electron chi connectivity index (χ0n) is 14.7. The predicted molar refractivity (Wildman–Crippen MR) is 102 cm³/mol. The van der Waals surface area contributed by atoms with Crippen LogP contribution in [-0.2, 0) is 9.05 Å². The molecular weight excluding hydrogens is 348 g/mol. The van der Waals surface area contributed by atoms with Crippen LogP contribution in [0.4, 0.5) is 0 Å². The van der Waals surface area contributed by atoms with Gasteiger partial charge in [-0.15, -0.1) is 0 Å². The van der Waals surface area contributed by atoms with E-state index in [0.717, 1.165) is 25.7 Å². The minimum absolute atomic E-state index is 0.0934. The van der Waals surface area contributed by atoms with Gasteiger partial charge in [-0.25, -0.2) is 13.4 Å². The quantitative estimate of drug-likeness (QED) is 0.381. The van der Waals surface area contributed by atoms with E-state index in [1.54, 1.807) is 12.7 Å². The number of hydrogen-bond donors (Lipinski definition) is 1. The summed E-state index contributed by atoms with van der Waals surface area (Å²) in [5.41, 5.74) is 0. The molecule has 1 aliphatic rings. The van der Waals surface area contributed by atoms with E-state index in [-0.39, 0.29) is 11.7 Å². The molecule has 0 amide bonds. The molecule has 0 aromatic heterocycles. The molecule has 6 nitrogen and oxygen atoms in total. The van der Waals surface area contributed by atoms with Gasteiger partial charge in [0.25, 0.3) is 0 Å². The average molecular weight is 377 g/mol. The second-order valence-electron chi connectivity index (χ2n) is 6.62. The van der Waals surface area contributed by atoms with Gasteiger partial charge in [0.1, 0.15) is 6.34 Å². The van der Waals surface area contributed by atoms with E-state index >= 15 is 0 Å². The standard InChI is InChI=1S/C16H29ClN4O2S/c1-14(2)8-9-18-11-19-12-20-13-21(3)16-6-4-15(5-7-16)10-24(17,22)23/h8-9,11-12,14-16H,4-7,10,13H2,1-3H3,(H,18,19,20)/b9-8-. The Labute approximate surface area is 150 Å². The molecule has 0 bridgehead atoms. The van der Waals surface area contributed by atoms with Crippen molar-refractivity contribution >= 4 is 32.4 Å². The molecule has 0 aliphatic heterocycles. The minimum atomic E-state index is -3.39. The van der Waals surface area contributed by atoms with Crippen molar-refractivity contribution in [2.75, 3.05) is 19.5 Å². The monoisotopic (exact) mass is 376 g/mol. The highest BCUT2D eigenvalue weighted by Gasteiger charge is 2.26. The van der Waals surface area contributed by atoms with E-state index in [1.807, 2.05) is 19.3 Å². The Morgan fingerprint density at radius 3 is 2.54 bits per heavy atom. The number of allylic oxidation sites excluding steroid dienone is 1. The number of aliphatic imine (C=N–C) groups is 2. The normalized spacial score (nSPS) is 23.2. The molecule has 0 aromatic carbocycles. The van der Waals surface area contributed by atoms with E-state index in [2.05, 4.69) is 34.0 Å². The molecular formula is C16H29ClN4O2S. The Balaban J connectivity index is 2.23. The highest BCUT2D eigenvalue weighted by atomic mass is 35.7. The maximum Gasteiger partial charge on any atom is 0.232 e. The summed E-state index contributed by atoms with van der Waals surface area (Å²) in [5.74, 6) is 0.791. The third-order valence-corrected chi connectivity index (χ3v) is 5.30. The van der Waals surface area contributed by atoms with Crippen LogP contribution in [-0.4, -0.2) is 51.5 Å². The first-order valence-corrected chi connectivity index (χ1v) is 10.8. The van der Waals surface area contributed by atoms with E-state index < -0.39 is 9.05 Å². The first kappa shape index (κ1) is 21.1. The molecule has 1 aliphatic carbocycles. The van der Waals surface area contributed by atoms with Gasteiger partial charge in [0, 0.05) is 16.7 Å². The highest BCUT2D eigenvalue weighted by Crippen LogP contribution is 2.28. The van der Waals surface area contributed by atoms with Crippen LogP contribution in [0, 0.1) is 11.8 Å². The Morgan fingerprint density at radius 2 is 1.96 bits per heavy atom. The Bertz CT molecular complexity index is 538. The molecule has 0 spiro atoms. The largest absolute Gasteiger partial charge is 0.353 e. The van der Waals surface area contributed by atoms with Crippen molar-refractivity contribution in [1.82, 2.24) is 10.2 Å². The van der Waals surface area contributed by atoms with Crippen molar-refractivity contribution in [3.8, 4) is 0 Å². The molecule has 0 saturated heterocycles. The highest BCUT2D eigenvalue weighted by molar-refractivity contribution is 8.13. The molecule has 0 radical (unpaired) electrons. The molecule has 1 rings (SSSR count). The average Bonchev–Trinajstić information content (AvgIpc) is 2.48. The molecule has 0 unspecified atom stereocenters. The van der Waals surface area contributed by atoms with E-state index in [1.165, 1.54) is 0 Å². The van der Waals surface area contributed by atoms with Gasteiger partial charge in [0.2, 0.25) is 9.05 Å². The van der Waals surface area contributed by atoms with Crippen LogP contribution in [0.1, 0.15) is 39.5 Å². The Hall–Kier alpha value is -0.920. The number of nitrogens with zero attached hydrogens (tertiary/aromatic N) is 3. The van der Waals surface area contributed by atoms with Crippen LogP contribution >= 0.6 is 10.7 Å². The lowest BCUT2D eigenvalue weighted by atomic mass is 9.87. The second kappa shape index (κ2) is 10.8. The fraction of sp³-hybridized carbons (Fsp3) is 0.750. The van der Waals surface area contributed by atoms with Crippen molar-refractivity contribution in [2.24, 2.45) is 21.8 Å². The van der Waals surface area contributed by atoms with Crippen LogP contribution in [0.15, 0.2) is 22.3 Å². The first-order chi connectivity index (χ1) is 11.3. The summed E-state index contributed by atoms with van der Waals surface area (Å²) in [5, 5.41) is 2.95. The second-order valence-corrected chi connectivity index (χ2v) is 9.45. The summed E-state index contributed by atoms with van der Waals surface area (Å²) in [6, 6.07) is 0.438. The number of halogens is 1. The molecule has 24 heavy (non-hydrogen) atoms. The zero-order chi connectivity index (χ0) is 18.0. The predicted octanol–water partition coefficient (Wildman–Crippen LogP) is 2.82. The molecule has 0 heterocycles. The summed E-state index contributed by atoms with van der Waals surface area (Å²) < 4.78 is 22.3. The van der Waals surface area contributed by atoms with Gasteiger partial charge < -0.3 is 5.32 Å². The third-order valence-electron chi connectivity index (χ3n) is 4.05. The van der Waals surface area contributed by atoms with Gasteiger partial charge in [0.05, 0.1) is 18.8 Å². The first-order valence-electron chi connectivity index (χ1n) is 8.33. The Morgan fingerprint density at radius 1 is 1.29 bits per heavy atom. The van der Waals surface area contributed by atoms with Crippen molar-refractivity contribution in [1.29, 1.82) is 0 Å². The molecule has 1 N–H and O–H groups in total. The lowest BCUT2D eigenvalue weighted by Gasteiger charge is -2.33. The summed E-state index contributed by atoms with van der Waals surface area (Å²) in [4.78, 5) is 10.5. The van der Waals surface area contributed by atoms with E-state index in [0.29, 0.717) is 18.6 Å². The van der Waals surface area contributed by atoms with Crippen molar-refractivity contribution in [3.63, 3.8) is 0 Å². The lowest BCUT2D eigenvalue weighted by molar-refractivity contribution is 0.175. The van der Waals surface area contributed by atoms with Gasteiger partial charge in [-0.2, -0.15) is 0 Å². The van der Waals surface area contributed by atoms with Crippen molar-refractivity contribution in [2.45, 2.75) is 45.6 Å². The summed E-state index contributed by atoms with van der Waals surface area (Å²) in [6.07, 6.45) is 10.8. The maximum atomic E-state index is 11.1. The van der Waals surface area contributed by atoms with Crippen LogP contribution in [0.5, 0.6) is 0 Å². The molecule has 1 saturated carbocycles. The Kier molecular flexibility index (Phi) is 9.54. The van der Waals surface area contributed by atoms with Crippen LogP contribution in [0.25, 0.3) is 0 Å². The van der Waals surface area contributed by atoms with E-state index in [9.17, 15) is 8.42 Å². The number of nitrogens with one attached hydrogen (secondary N) is 1. The molecule has 0 atom stereocenters. The number of rotatable bonds is 9. The summed E-state index contributed by atoms with van der Waals surface area (Å²) in [7, 11) is 3.98.